The predicted octanol–water partition coefficient (Wildman–Crippen LogP) is 3.23. The second-order valence-electron chi connectivity index (χ2n) is 6.84. The SMILES string of the molecule is CCN1CCN(C(=O)c2cc(S(=O)(=O)Nc3cccc(C)c3)ccc2Cl)CC1. The van der Waals surface area contributed by atoms with Gasteiger partial charge in [0.25, 0.3) is 15.9 Å². The molecule has 0 saturated carbocycles. The summed E-state index contributed by atoms with van der Waals surface area (Å²) in [6, 6.07) is 11.3. The maximum absolute atomic E-state index is 12.9. The van der Waals surface area contributed by atoms with Crippen LogP contribution in [0.5, 0.6) is 0 Å². The summed E-state index contributed by atoms with van der Waals surface area (Å²) >= 11 is 6.22. The molecule has 1 aliphatic rings. The minimum Gasteiger partial charge on any atom is -0.336 e. The van der Waals surface area contributed by atoms with E-state index in [9.17, 15) is 13.2 Å². The number of hydrogen-bond acceptors (Lipinski definition) is 4. The Morgan fingerprint density at radius 2 is 1.82 bits per heavy atom. The first-order valence-electron chi connectivity index (χ1n) is 9.21. The third kappa shape index (κ3) is 4.66. The molecule has 0 aromatic heterocycles. The van der Waals surface area contributed by atoms with Crippen molar-refractivity contribution in [1.82, 2.24) is 9.80 Å². The second-order valence-corrected chi connectivity index (χ2v) is 8.93. The van der Waals surface area contributed by atoms with Gasteiger partial charge in [-0.1, -0.05) is 30.7 Å². The molecule has 1 heterocycles. The first-order chi connectivity index (χ1) is 13.3. The number of nitrogens with one attached hydrogen (secondary N) is 1. The van der Waals surface area contributed by atoms with Crippen LogP contribution >= 0.6 is 11.6 Å². The molecule has 0 spiro atoms. The molecule has 0 unspecified atom stereocenters. The van der Waals surface area contributed by atoms with E-state index in [1.54, 1.807) is 23.1 Å². The number of hydrogen-bond donors (Lipinski definition) is 1. The Bertz CT molecular complexity index is 970. The molecule has 1 saturated heterocycles. The monoisotopic (exact) mass is 421 g/mol. The Hall–Kier alpha value is -2.09. The lowest BCUT2D eigenvalue weighted by Crippen LogP contribution is -2.48. The molecule has 8 heteroatoms. The molecule has 1 amide bonds. The summed E-state index contributed by atoms with van der Waals surface area (Å²) in [4.78, 5) is 16.9. The molecule has 1 fully saturated rings. The van der Waals surface area contributed by atoms with Crippen molar-refractivity contribution < 1.29 is 13.2 Å². The molecule has 3 rings (SSSR count). The van der Waals surface area contributed by atoms with Gasteiger partial charge in [0.1, 0.15) is 0 Å². The Morgan fingerprint density at radius 3 is 2.46 bits per heavy atom. The highest BCUT2D eigenvalue weighted by Crippen LogP contribution is 2.24. The number of sulfonamides is 1. The lowest BCUT2D eigenvalue weighted by Gasteiger charge is -2.34. The Morgan fingerprint density at radius 1 is 1.11 bits per heavy atom. The average Bonchev–Trinajstić information content (AvgIpc) is 2.67. The zero-order valence-corrected chi connectivity index (χ0v) is 17.6. The summed E-state index contributed by atoms with van der Waals surface area (Å²) in [5, 5.41) is 0.248. The molecule has 0 bridgehead atoms. The van der Waals surface area contributed by atoms with Gasteiger partial charge in [-0.3, -0.25) is 9.52 Å². The highest BCUT2D eigenvalue weighted by atomic mass is 35.5. The third-order valence-electron chi connectivity index (χ3n) is 4.86. The molecule has 0 radical (unpaired) electrons. The van der Waals surface area contributed by atoms with Gasteiger partial charge in [-0.05, 0) is 49.4 Å². The van der Waals surface area contributed by atoms with E-state index in [0.717, 1.165) is 25.2 Å². The first kappa shape index (κ1) is 20.6. The van der Waals surface area contributed by atoms with E-state index in [1.807, 2.05) is 13.0 Å². The third-order valence-corrected chi connectivity index (χ3v) is 6.56. The van der Waals surface area contributed by atoms with Gasteiger partial charge in [0.05, 0.1) is 15.5 Å². The van der Waals surface area contributed by atoms with Gasteiger partial charge in [0.2, 0.25) is 0 Å². The van der Waals surface area contributed by atoms with Crippen LogP contribution in [0.2, 0.25) is 5.02 Å². The van der Waals surface area contributed by atoms with Crippen LogP contribution < -0.4 is 4.72 Å². The van der Waals surface area contributed by atoms with Crippen molar-refractivity contribution in [3.63, 3.8) is 0 Å². The van der Waals surface area contributed by atoms with Crippen LogP contribution in [0.25, 0.3) is 0 Å². The number of nitrogens with zero attached hydrogens (tertiary/aromatic N) is 2. The van der Waals surface area contributed by atoms with Gasteiger partial charge in [-0.2, -0.15) is 0 Å². The summed E-state index contributed by atoms with van der Waals surface area (Å²) in [5.41, 5.74) is 1.62. The highest BCUT2D eigenvalue weighted by molar-refractivity contribution is 7.92. The lowest BCUT2D eigenvalue weighted by molar-refractivity contribution is 0.0643. The van der Waals surface area contributed by atoms with Crippen molar-refractivity contribution in [1.29, 1.82) is 0 Å². The molecular formula is C20H24ClN3O3S. The largest absolute Gasteiger partial charge is 0.336 e. The van der Waals surface area contributed by atoms with Crippen molar-refractivity contribution in [3.05, 3.63) is 58.6 Å². The quantitative estimate of drug-likeness (QED) is 0.804. The van der Waals surface area contributed by atoms with Crippen molar-refractivity contribution in [2.24, 2.45) is 0 Å². The van der Waals surface area contributed by atoms with Gasteiger partial charge < -0.3 is 9.80 Å². The highest BCUT2D eigenvalue weighted by Gasteiger charge is 2.25. The van der Waals surface area contributed by atoms with Gasteiger partial charge in [-0.15, -0.1) is 0 Å². The summed E-state index contributed by atoms with van der Waals surface area (Å²) in [5.74, 6) is -0.242. The normalized spacial score (nSPS) is 15.5. The van der Waals surface area contributed by atoms with E-state index < -0.39 is 10.0 Å². The van der Waals surface area contributed by atoms with Gasteiger partial charge in [0.15, 0.2) is 0 Å². The van der Waals surface area contributed by atoms with Crippen LogP contribution in [-0.2, 0) is 10.0 Å². The zero-order valence-electron chi connectivity index (χ0n) is 16.0. The summed E-state index contributed by atoms with van der Waals surface area (Å²) < 4.78 is 28.1. The molecule has 2 aromatic rings. The van der Waals surface area contributed by atoms with Gasteiger partial charge in [-0.25, -0.2) is 8.42 Å². The number of carbonyl (C=O) groups excluding carboxylic acids is 1. The van der Waals surface area contributed by atoms with E-state index in [4.69, 9.17) is 11.6 Å². The Balaban J connectivity index is 1.83. The molecule has 0 aliphatic carbocycles. The number of piperazine rings is 1. The van der Waals surface area contributed by atoms with Crippen LogP contribution in [0, 0.1) is 6.92 Å². The average molecular weight is 422 g/mol. The van der Waals surface area contributed by atoms with Crippen LogP contribution in [-0.4, -0.2) is 56.8 Å². The zero-order chi connectivity index (χ0) is 20.3. The van der Waals surface area contributed by atoms with E-state index in [2.05, 4.69) is 16.5 Å². The van der Waals surface area contributed by atoms with Crippen molar-refractivity contribution >= 4 is 33.2 Å². The smallest absolute Gasteiger partial charge is 0.261 e. The van der Waals surface area contributed by atoms with Crippen molar-refractivity contribution in [3.8, 4) is 0 Å². The fraction of sp³-hybridized carbons (Fsp3) is 0.350. The number of anilines is 1. The molecule has 2 aromatic carbocycles. The van der Waals surface area contributed by atoms with Crippen molar-refractivity contribution in [2.75, 3.05) is 37.4 Å². The Labute approximate surface area is 171 Å². The maximum Gasteiger partial charge on any atom is 0.261 e. The standard InChI is InChI=1S/C20H24ClN3O3S/c1-3-23-9-11-24(12-10-23)20(25)18-14-17(7-8-19(18)21)28(26,27)22-16-6-4-5-15(2)13-16/h4-8,13-14,22H,3,9-12H2,1-2H3. The molecule has 1 N–H and O–H groups in total. The number of aryl methyl sites for hydroxylation is 1. The molecule has 1 aliphatic heterocycles. The number of likely N-dealkylation sites (N-methyl/N-ethyl adjacent to an activating group) is 1. The van der Waals surface area contributed by atoms with Crippen LogP contribution in [0.15, 0.2) is 47.4 Å². The van der Waals surface area contributed by atoms with Gasteiger partial charge in [0, 0.05) is 31.9 Å². The number of rotatable bonds is 5. The van der Waals surface area contributed by atoms with E-state index in [0.29, 0.717) is 18.8 Å². The second kappa shape index (κ2) is 8.51. The summed E-state index contributed by atoms with van der Waals surface area (Å²) in [7, 11) is -3.83. The lowest BCUT2D eigenvalue weighted by atomic mass is 10.2. The minimum absolute atomic E-state index is 0.00829. The fourth-order valence-electron chi connectivity index (χ4n) is 3.20. The molecular weight excluding hydrogens is 398 g/mol. The fourth-order valence-corrected chi connectivity index (χ4v) is 4.47. The van der Waals surface area contributed by atoms with Crippen LogP contribution in [0.1, 0.15) is 22.8 Å². The molecule has 28 heavy (non-hydrogen) atoms. The number of amides is 1. The molecule has 6 nitrogen and oxygen atoms in total. The summed E-state index contributed by atoms with van der Waals surface area (Å²) in [6.45, 7) is 7.71. The van der Waals surface area contributed by atoms with Crippen LogP contribution in [0.3, 0.4) is 0 Å². The predicted molar refractivity (Wildman–Crippen MR) is 111 cm³/mol. The van der Waals surface area contributed by atoms with E-state index in [1.165, 1.54) is 18.2 Å². The van der Waals surface area contributed by atoms with E-state index >= 15 is 0 Å². The number of halogens is 1. The van der Waals surface area contributed by atoms with Gasteiger partial charge >= 0.3 is 0 Å². The topological polar surface area (TPSA) is 69.7 Å². The molecule has 0 atom stereocenters. The maximum atomic E-state index is 12.9. The molecule has 150 valence electrons. The summed E-state index contributed by atoms with van der Waals surface area (Å²) in [6.07, 6.45) is 0. The number of carbonyl (C=O) groups is 1. The van der Waals surface area contributed by atoms with Crippen LogP contribution in [0.4, 0.5) is 5.69 Å². The minimum atomic E-state index is -3.83. The van der Waals surface area contributed by atoms with E-state index in [-0.39, 0.29) is 21.4 Å². The first-order valence-corrected chi connectivity index (χ1v) is 11.1. The Kier molecular flexibility index (Phi) is 6.27. The van der Waals surface area contributed by atoms with Crippen molar-refractivity contribution in [2.45, 2.75) is 18.7 Å². The number of benzene rings is 2.